The van der Waals surface area contributed by atoms with Crippen LogP contribution in [0.2, 0.25) is 0 Å². The van der Waals surface area contributed by atoms with E-state index in [1.807, 2.05) is 0 Å². The summed E-state index contributed by atoms with van der Waals surface area (Å²) in [5.41, 5.74) is 0. The summed E-state index contributed by atoms with van der Waals surface area (Å²) < 4.78 is 4.78. The molecule has 0 bridgehead atoms. The molecule has 0 N–H and O–H groups in total. The summed E-state index contributed by atoms with van der Waals surface area (Å²) in [7, 11) is 0. The Balaban J connectivity index is 2.70. The number of carbonyl (C=O) groups excluding carboxylic acids is 1. The van der Waals surface area contributed by atoms with Crippen molar-refractivity contribution < 1.29 is 9.53 Å². The maximum atomic E-state index is 9.59. The molecule has 0 aliphatic heterocycles. The van der Waals surface area contributed by atoms with Gasteiger partial charge in [-0.1, -0.05) is 26.2 Å². The summed E-state index contributed by atoms with van der Waals surface area (Å²) in [6, 6.07) is 0. The molecule has 0 aromatic rings. The molecule has 0 aliphatic rings. The monoisotopic (exact) mass is 142 g/mol. The molecule has 0 aromatic heterocycles. The summed E-state index contributed by atoms with van der Waals surface area (Å²) >= 11 is 0. The molecule has 2 nitrogen and oxygen atoms in total. The second kappa shape index (κ2) is 8.63. The standard InChI is InChI=1S/C8H14O2/c1-2-3-4-5-7-10-8-6-9/h8H,2-5,7H2,1H3. The minimum absolute atomic E-state index is 0.648. The van der Waals surface area contributed by atoms with Crippen molar-refractivity contribution in [1.82, 2.24) is 0 Å². The molecule has 2 radical (unpaired) electrons. The Morgan fingerprint density at radius 3 is 2.80 bits per heavy atom. The van der Waals surface area contributed by atoms with E-state index in [-0.39, 0.29) is 0 Å². The van der Waals surface area contributed by atoms with Crippen molar-refractivity contribution >= 4 is 6.29 Å². The molecule has 0 saturated heterocycles. The third kappa shape index (κ3) is 7.63. The van der Waals surface area contributed by atoms with Gasteiger partial charge in [0.05, 0.1) is 0 Å². The minimum Gasteiger partial charge on any atom is -0.367 e. The van der Waals surface area contributed by atoms with Crippen molar-refractivity contribution in [1.29, 1.82) is 0 Å². The number of rotatable bonds is 7. The number of unbranched alkanes of at least 4 members (excludes halogenated alkanes) is 3. The molecule has 0 amide bonds. The van der Waals surface area contributed by atoms with Crippen molar-refractivity contribution in [2.45, 2.75) is 32.6 Å². The van der Waals surface area contributed by atoms with Crippen LogP contribution in [0.3, 0.4) is 0 Å². The quantitative estimate of drug-likeness (QED) is 0.507. The predicted octanol–water partition coefficient (Wildman–Crippen LogP) is 1.85. The highest BCUT2D eigenvalue weighted by Gasteiger charge is 1.88. The molecular weight excluding hydrogens is 128 g/mol. The van der Waals surface area contributed by atoms with E-state index < -0.39 is 0 Å². The first-order valence-corrected chi connectivity index (χ1v) is 3.72. The van der Waals surface area contributed by atoms with E-state index >= 15 is 0 Å². The van der Waals surface area contributed by atoms with Gasteiger partial charge in [-0.15, -0.1) is 0 Å². The molecule has 0 fully saturated rings. The van der Waals surface area contributed by atoms with E-state index in [9.17, 15) is 4.79 Å². The van der Waals surface area contributed by atoms with E-state index in [2.05, 4.69) is 6.92 Å². The molecule has 0 aliphatic carbocycles. The van der Waals surface area contributed by atoms with E-state index in [0.717, 1.165) is 13.0 Å². The summed E-state index contributed by atoms with van der Waals surface area (Å²) in [5, 5.41) is 0. The average molecular weight is 142 g/mol. The topological polar surface area (TPSA) is 26.3 Å². The largest absolute Gasteiger partial charge is 0.367 e. The van der Waals surface area contributed by atoms with Crippen LogP contribution in [-0.4, -0.2) is 12.9 Å². The summed E-state index contributed by atoms with van der Waals surface area (Å²) in [6.07, 6.45) is 6.25. The van der Waals surface area contributed by atoms with Crippen LogP contribution >= 0.6 is 0 Å². The third-order valence-corrected chi connectivity index (χ3v) is 1.25. The summed E-state index contributed by atoms with van der Waals surface area (Å²) in [6.45, 7) is 3.88. The molecule has 58 valence electrons. The van der Waals surface area contributed by atoms with Crippen molar-refractivity contribution in [3.63, 3.8) is 0 Å². The molecular formula is C8H14O2. The summed E-state index contributed by atoms with van der Waals surface area (Å²) in [5.74, 6) is 0. The highest BCUT2D eigenvalue weighted by Crippen LogP contribution is 1.98. The lowest BCUT2D eigenvalue weighted by Gasteiger charge is -1.97. The fourth-order valence-corrected chi connectivity index (χ4v) is 0.705. The Kier molecular flexibility index (Phi) is 8.31. The van der Waals surface area contributed by atoms with Gasteiger partial charge in [0, 0.05) is 6.61 Å². The zero-order valence-electron chi connectivity index (χ0n) is 6.43. The molecule has 0 atom stereocenters. The fourth-order valence-electron chi connectivity index (χ4n) is 0.705. The smallest absolute Gasteiger partial charge is 0.233 e. The number of hydrogen-bond donors (Lipinski definition) is 0. The predicted molar refractivity (Wildman–Crippen MR) is 40.1 cm³/mol. The molecule has 0 rings (SSSR count). The number of hydrogen-bond acceptors (Lipinski definition) is 2. The normalized spacial score (nSPS) is 9.70. The second-order valence-corrected chi connectivity index (χ2v) is 2.17. The van der Waals surface area contributed by atoms with Gasteiger partial charge < -0.3 is 4.74 Å². The van der Waals surface area contributed by atoms with Crippen LogP contribution < -0.4 is 0 Å². The lowest BCUT2D eigenvalue weighted by atomic mass is 10.2. The highest BCUT2D eigenvalue weighted by molar-refractivity contribution is 5.59. The molecule has 0 heterocycles. The first-order chi connectivity index (χ1) is 4.91. The van der Waals surface area contributed by atoms with Crippen LogP contribution in [0.25, 0.3) is 0 Å². The molecule has 0 saturated carbocycles. The van der Waals surface area contributed by atoms with Crippen LogP contribution in [-0.2, 0) is 9.53 Å². The fraction of sp³-hybridized carbons (Fsp3) is 0.750. The SMILES string of the molecule is CCCCCCO[CH][C]=O. The van der Waals surface area contributed by atoms with Crippen LogP contribution in [0.5, 0.6) is 0 Å². The van der Waals surface area contributed by atoms with Crippen molar-refractivity contribution in [3.05, 3.63) is 6.61 Å². The lowest BCUT2D eigenvalue weighted by Crippen LogP contribution is -1.91. The third-order valence-electron chi connectivity index (χ3n) is 1.25. The molecule has 10 heavy (non-hydrogen) atoms. The maximum Gasteiger partial charge on any atom is 0.233 e. The van der Waals surface area contributed by atoms with Crippen molar-refractivity contribution in [2.24, 2.45) is 0 Å². The van der Waals surface area contributed by atoms with Crippen molar-refractivity contribution in [2.75, 3.05) is 6.61 Å². The average Bonchev–Trinajstić information content (AvgIpc) is 1.97. The van der Waals surface area contributed by atoms with Crippen LogP contribution in [0.4, 0.5) is 0 Å². The zero-order chi connectivity index (χ0) is 7.66. The number of ether oxygens (including phenoxy) is 1. The Labute approximate surface area is 62.6 Å². The van der Waals surface area contributed by atoms with Gasteiger partial charge in [0.25, 0.3) is 0 Å². The van der Waals surface area contributed by atoms with Gasteiger partial charge in [-0.3, -0.25) is 4.79 Å². The van der Waals surface area contributed by atoms with Crippen molar-refractivity contribution in [3.8, 4) is 0 Å². The zero-order valence-corrected chi connectivity index (χ0v) is 6.43. The Morgan fingerprint density at radius 2 is 2.20 bits per heavy atom. The van der Waals surface area contributed by atoms with Gasteiger partial charge in [0.15, 0.2) is 6.61 Å². The van der Waals surface area contributed by atoms with Gasteiger partial charge in [-0.2, -0.15) is 0 Å². The van der Waals surface area contributed by atoms with Gasteiger partial charge in [0.1, 0.15) is 0 Å². The molecule has 0 aromatic carbocycles. The Hall–Kier alpha value is -0.370. The highest BCUT2D eigenvalue weighted by atomic mass is 16.5. The molecule has 0 spiro atoms. The van der Waals surface area contributed by atoms with Gasteiger partial charge >= 0.3 is 0 Å². The van der Waals surface area contributed by atoms with E-state index in [0.29, 0.717) is 6.61 Å². The van der Waals surface area contributed by atoms with Crippen LogP contribution in [0, 0.1) is 6.61 Å². The van der Waals surface area contributed by atoms with Crippen LogP contribution in [0.1, 0.15) is 32.6 Å². The Morgan fingerprint density at radius 1 is 1.40 bits per heavy atom. The molecule has 0 unspecified atom stereocenters. The van der Waals surface area contributed by atoms with E-state index in [4.69, 9.17) is 4.74 Å². The van der Waals surface area contributed by atoms with Gasteiger partial charge in [-0.05, 0) is 6.42 Å². The minimum atomic E-state index is 0.648. The first kappa shape index (κ1) is 9.63. The Bertz CT molecular complexity index is 71.7. The van der Waals surface area contributed by atoms with E-state index in [1.165, 1.54) is 19.3 Å². The lowest BCUT2D eigenvalue weighted by molar-refractivity contribution is 0.212. The van der Waals surface area contributed by atoms with Crippen LogP contribution in [0.15, 0.2) is 0 Å². The van der Waals surface area contributed by atoms with Gasteiger partial charge in [0.2, 0.25) is 6.29 Å². The first-order valence-electron chi connectivity index (χ1n) is 3.72. The molecule has 2 heteroatoms. The maximum absolute atomic E-state index is 9.59. The van der Waals surface area contributed by atoms with E-state index in [1.54, 1.807) is 6.29 Å². The summed E-state index contributed by atoms with van der Waals surface area (Å²) in [4.78, 5) is 9.59. The second-order valence-electron chi connectivity index (χ2n) is 2.17. The van der Waals surface area contributed by atoms with Gasteiger partial charge in [-0.25, -0.2) is 0 Å².